The van der Waals surface area contributed by atoms with Gasteiger partial charge in [0.25, 0.3) is 5.91 Å². The zero-order valence-electron chi connectivity index (χ0n) is 16.5. The van der Waals surface area contributed by atoms with Crippen LogP contribution in [0.25, 0.3) is 0 Å². The topological polar surface area (TPSA) is 29.2 Å². The molecule has 2 fully saturated rings. The minimum absolute atomic E-state index is 0.0662. The average molecular weight is 358 g/mol. The van der Waals surface area contributed by atoms with Crippen molar-refractivity contribution in [3.63, 3.8) is 0 Å². The van der Waals surface area contributed by atoms with Gasteiger partial charge in [0, 0.05) is 11.7 Å². The summed E-state index contributed by atoms with van der Waals surface area (Å²) in [7, 11) is 0. The molecule has 0 aromatic heterocycles. The lowest BCUT2D eigenvalue weighted by atomic mass is 9.93. The van der Waals surface area contributed by atoms with Crippen molar-refractivity contribution in [2.45, 2.75) is 70.5 Å². The van der Waals surface area contributed by atoms with Gasteiger partial charge < -0.3 is 14.7 Å². The van der Waals surface area contributed by atoms with Gasteiger partial charge in [-0.15, -0.1) is 0 Å². The Balaban J connectivity index is 1.37. The normalized spacial score (nSPS) is 30.8. The number of hydrogen-bond donors (Lipinski definition) is 2. The zero-order valence-corrected chi connectivity index (χ0v) is 16.5. The van der Waals surface area contributed by atoms with Gasteiger partial charge in [-0.3, -0.25) is 4.79 Å². The Morgan fingerprint density at radius 1 is 1.08 bits per heavy atom. The van der Waals surface area contributed by atoms with Crippen LogP contribution >= 0.6 is 0 Å². The zero-order chi connectivity index (χ0) is 18.1. The minimum atomic E-state index is 0.0662. The molecule has 4 nitrogen and oxygen atoms in total. The molecule has 4 heteroatoms. The van der Waals surface area contributed by atoms with Crippen LogP contribution in [-0.4, -0.2) is 50.2 Å². The smallest absolute Gasteiger partial charge is 0.285 e. The van der Waals surface area contributed by atoms with E-state index in [0.29, 0.717) is 5.91 Å². The Kier molecular flexibility index (Phi) is 5.32. The number of amides is 1. The van der Waals surface area contributed by atoms with Gasteiger partial charge in [0.05, 0.1) is 6.04 Å². The van der Waals surface area contributed by atoms with Crippen LogP contribution in [0.15, 0.2) is 24.3 Å². The summed E-state index contributed by atoms with van der Waals surface area (Å²) < 4.78 is 0. The highest BCUT2D eigenvalue weighted by Gasteiger charge is 2.39. The summed E-state index contributed by atoms with van der Waals surface area (Å²) in [6, 6.07) is 9.67. The van der Waals surface area contributed by atoms with Crippen LogP contribution in [0, 0.1) is 0 Å². The van der Waals surface area contributed by atoms with Crippen LogP contribution in [0.1, 0.15) is 51.5 Å². The molecular weight excluding hydrogens is 322 g/mol. The molecule has 0 spiro atoms. The number of nitrogens with zero attached hydrogens (tertiary/aromatic N) is 1. The first-order valence-corrected chi connectivity index (χ1v) is 10.8. The van der Waals surface area contributed by atoms with Gasteiger partial charge in [-0.1, -0.05) is 24.6 Å². The van der Waals surface area contributed by atoms with E-state index in [9.17, 15) is 4.79 Å². The fraction of sp³-hybridized carbons (Fsp3) is 0.682. The van der Waals surface area contributed by atoms with Gasteiger partial charge in [-0.25, -0.2) is 0 Å². The third-order valence-corrected chi connectivity index (χ3v) is 7.14. The molecule has 1 saturated heterocycles. The van der Waals surface area contributed by atoms with Crippen molar-refractivity contribution >= 4 is 11.6 Å². The SMILES string of the molecule is C[C@H](C(=O)N1c2ccccc2C[C@@H]1C)[NH+]1CC[NH+](C2CCCCC2)CC1. The number of nitrogens with one attached hydrogen (secondary N) is 2. The summed E-state index contributed by atoms with van der Waals surface area (Å²) >= 11 is 0. The first-order chi connectivity index (χ1) is 12.6. The van der Waals surface area contributed by atoms with Crippen molar-refractivity contribution in [2.75, 3.05) is 31.1 Å². The molecule has 142 valence electrons. The van der Waals surface area contributed by atoms with Gasteiger partial charge in [0.1, 0.15) is 26.2 Å². The van der Waals surface area contributed by atoms with Crippen LogP contribution in [0.5, 0.6) is 0 Å². The Bertz CT molecular complexity index is 632. The highest BCUT2D eigenvalue weighted by molar-refractivity contribution is 5.98. The maximum Gasteiger partial charge on any atom is 0.285 e. The van der Waals surface area contributed by atoms with Crippen LogP contribution in [-0.2, 0) is 11.2 Å². The van der Waals surface area contributed by atoms with Crippen molar-refractivity contribution in [3.05, 3.63) is 29.8 Å². The Morgan fingerprint density at radius 3 is 2.50 bits per heavy atom. The van der Waals surface area contributed by atoms with Crippen LogP contribution in [0.2, 0.25) is 0 Å². The fourth-order valence-electron chi connectivity index (χ4n) is 5.53. The van der Waals surface area contributed by atoms with Gasteiger partial charge in [-0.05, 0) is 57.6 Å². The van der Waals surface area contributed by atoms with Crippen molar-refractivity contribution in [1.82, 2.24) is 0 Å². The number of para-hydroxylation sites is 1. The van der Waals surface area contributed by atoms with E-state index in [1.165, 1.54) is 55.7 Å². The quantitative estimate of drug-likeness (QED) is 0.809. The summed E-state index contributed by atoms with van der Waals surface area (Å²) in [4.78, 5) is 18.7. The fourth-order valence-corrected chi connectivity index (χ4v) is 5.53. The first kappa shape index (κ1) is 18.0. The van der Waals surface area contributed by atoms with Crippen LogP contribution < -0.4 is 14.7 Å². The molecule has 1 saturated carbocycles. The second kappa shape index (κ2) is 7.69. The summed E-state index contributed by atoms with van der Waals surface area (Å²) in [5.74, 6) is 0.318. The molecule has 3 aliphatic rings. The number of benzene rings is 1. The lowest BCUT2D eigenvalue weighted by Crippen LogP contribution is -3.31. The van der Waals surface area contributed by atoms with E-state index in [4.69, 9.17) is 0 Å². The van der Waals surface area contributed by atoms with Crippen molar-refractivity contribution in [1.29, 1.82) is 0 Å². The highest BCUT2D eigenvalue weighted by Crippen LogP contribution is 2.32. The number of carbonyl (C=O) groups is 1. The summed E-state index contributed by atoms with van der Waals surface area (Å²) in [5.41, 5.74) is 2.46. The highest BCUT2D eigenvalue weighted by atomic mass is 16.2. The van der Waals surface area contributed by atoms with Crippen molar-refractivity contribution < 1.29 is 14.6 Å². The molecule has 0 bridgehead atoms. The van der Waals surface area contributed by atoms with Gasteiger partial charge in [0.2, 0.25) is 0 Å². The maximum atomic E-state index is 13.3. The number of quaternary nitrogens is 2. The predicted molar refractivity (Wildman–Crippen MR) is 105 cm³/mol. The van der Waals surface area contributed by atoms with Gasteiger partial charge >= 0.3 is 0 Å². The van der Waals surface area contributed by atoms with E-state index in [-0.39, 0.29) is 12.1 Å². The molecule has 1 amide bonds. The Hall–Kier alpha value is -1.39. The Labute approximate surface area is 158 Å². The number of carbonyl (C=O) groups excluding carboxylic acids is 1. The van der Waals surface area contributed by atoms with Crippen molar-refractivity contribution in [3.8, 4) is 0 Å². The van der Waals surface area contributed by atoms with Gasteiger partial charge in [-0.2, -0.15) is 0 Å². The Morgan fingerprint density at radius 2 is 1.77 bits per heavy atom. The maximum absolute atomic E-state index is 13.3. The van der Waals surface area contributed by atoms with E-state index >= 15 is 0 Å². The third-order valence-electron chi connectivity index (χ3n) is 7.14. The van der Waals surface area contributed by atoms with E-state index in [2.05, 4.69) is 43.0 Å². The first-order valence-electron chi connectivity index (χ1n) is 10.8. The molecule has 0 unspecified atom stereocenters. The number of fused-ring (bicyclic) bond motifs is 1. The molecule has 2 aliphatic heterocycles. The number of hydrogen-bond acceptors (Lipinski definition) is 1. The third kappa shape index (κ3) is 3.41. The number of rotatable bonds is 3. The molecule has 1 aliphatic carbocycles. The molecule has 2 heterocycles. The number of piperazine rings is 1. The second-order valence-electron chi connectivity index (χ2n) is 8.76. The molecule has 4 rings (SSSR count). The van der Waals surface area contributed by atoms with E-state index in [0.717, 1.165) is 31.2 Å². The van der Waals surface area contributed by atoms with Gasteiger partial charge in [0.15, 0.2) is 6.04 Å². The molecule has 1 aromatic rings. The molecule has 2 N–H and O–H groups in total. The summed E-state index contributed by atoms with van der Waals surface area (Å²) in [5, 5.41) is 0. The minimum Gasteiger partial charge on any atom is -0.323 e. The van der Waals surface area contributed by atoms with Crippen LogP contribution in [0.4, 0.5) is 5.69 Å². The average Bonchev–Trinajstić information content (AvgIpc) is 3.03. The lowest BCUT2D eigenvalue weighted by molar-refractivity contribution is -1.03. The standard InChI is InChI=1S/C22H33N3O/c1-17-16-19-8-6-7-11-21(19)25(17)22(26)18(2)23-12-14-24(15-13-23)20-9-4-3-5-10-20/h6-8,11,17-18,20H,3-5,9-10,12-16H2,1-2H3/p+2/t17-,18+/m0/s1. The largest absolute Gasteiger partial charge is 0.323 e. The summed E-state index contributed by atoms with van der Waals surface area (Å²) in [6.45, 7) is 9.10. The summed E-state index contributed by atoms with van der Waals surface area (Å²) in [6.07, 6.45) is 8.10. The molecule has 1 aromatic carbocycles. The van der Waals surface area contributed by atoms with E-state index < -0.39 is 0 Å². The molecular formula is C22H35N3O+2. The lowest BCUT2D eigenvalue weighted by Gasteiger charge is -2.38. The van der Waals surface area contributed by atoms with E-state index in [1.807, 2.05) is 4.90 Å². The van der Waals surface area contributed by atoms with Crippen LogP contribution in [0.3, 0.4) is 0 Å². The monoisotopic (exact) mass is 357 g/mol. The molecule has 0 radical (unpaired) electrons. The van der Waals surface area contributed by atoms with E-state index in [1.54, 1.807) is 0 Å². The van der Waals surface area contributed by atoms with Crippen molar-refractivity contribution in [2.24, 2.45) is 0 Å². The predicted octanol–water partition coefficient (Wildman–Crippen LogP) is 0.469. The second-order valence-corrected chi connectivity index (χ2v) is 8.76. The molecule has 26 heavy (non-hydrogen) atoms. The molecule has 2 atom stereocenters. The number of anilines is 1.